The lowest BCUT2D eigenvalue weighted by atomic mass is 9.69. The van der Waals surface area contributed by atoms with Gasteiger partial charge < -0.3 is 0 Å². The number of fused-ring (bicyclic) bond motifs is 1. The van der Waals surface area contributed by atoms with Crippen LogP contribution >= 0.6 is 0 Å². The third-order valence-electron chi connectivity index (χ3n) is 7.37. The molecule has 32 heavy (non-hydrogen) atoms. The van der Waals surface area contributed by atoms with Gasteiger partial charge in [-0.15, -0.1) is 0 Å². The smallest absolute Gasteiger partial charge is 0.0201 e. The van der Waals surface area contributed by atoms with Crippen LogP contribution < -0.4 is 0 Å². The van der Waals surface area contributed by atoms with Crippen molar-refractivity contribution in [2.45, 2.75) is 72.1 Å². The van der Waals surface area contributed by atoms with Crippen molar-refractivity contribution in [1.29, 1.82) is 0 Å². The molecule has 1 saturated carbocycles. The van der Waals surface area contributed by atoms with Crippen molar-refractivity contribution in [3.63, 3.8) is 0 Å². The van der Waals surface area contributed by atoms with Gasteiger partial charge in [0.05, 0.1) is 0 Å². The molecule has 166 valence electrons. The molecule has 1 aromatic carbocycles. The van der Waals surface area contributed by atoms with Crippen molar-refractivity contribution in [3.8, 4) is 0 Å². The first-order valence-corrected chi connectivity index (χ1v) is 12.3. The van der Waals surface area contributed by atoms with Crippen molar-refractivity contribution >= 4 is 0 Å². The summed E-state index contributed by atoms with van der Waals surface area (Å²) in [5.41, 5.74) is 14.0. The van der Waals surface area contributed by atoms with Gasteiger partial charge in [0.1, 0.15) is 0 Å². The number of rotatable bonds is 6. The maximum absolute atomic E-state index is 4.66. The fourth-order valence-corrected chi connectivity index (χ4v) is 5.73. The molecule has 0 amide bonds. The first-order chi connectivity index (χ1) is 15.3. The summed E-state index contributed by atoms with van der Waals surface area (Å²) in [6.45, 7) is 20.5. The molecule has 0 aromatic heterocycles. The van der Waals surface area contributed by atoms with Gasteiger partial charge in [0.15, 0.2) is 0 Å². The summed E-state index contributed by atoms with van der Waals surface area (Å²) in [5.74, 6) is 1.20. The van der Waals surface area contributed by atoms with E-state index in [4.69, 9.17) is 0 Å². The largest absolute Gasteiger partial charge is 0.0955 e. The van der Waals surface area contributed by atoms with Crippen molar-refractivity contribution in [2.75, 3.05) is 0 Å². The van der Waals surface area contributed by atoms with Gasteiger partial charge in [-0.05, 0) is 78.0 Å². The summed E-state index contributed by atoms with van der Waals surface area (Å²) in [4.78, 5) is 0. The Morgan fingerprint density at radius 2 is 1.78 bits per heavy atom. The minimum atomic E-state index is 0.311. The lowest BCUT2D eigenvalue weighted by Crippen LogP contribution is -2.21. The van der Waals surface area contributed by atoms with E-state index in [9.17, 15) is 0 Å². The van der Waals surface area contributed by atoms with Crippen LogP contribution in [0.5, 0.6) is 0 Å². The lowest BCUT2D eigenvalue weighted by molar-refractivity contribution is 0.619. The van der Waals surface area contributed by atoms with Gasteiger partial charge in [-0.1, -0.05) is 106 Å². The first kappa shape index (κ1) is 22.6. The second-order valence-corrected chi connectivity index (χ2v) is 10.2. The number of allylic oxidation sites excluding steroid dienone is 12. The lowest BCUT2D eigenvalue weighted by Gasteiger charge is -2.34. The second-order valence-electron chi connectivity index (χ2n) is 10.2. The average molecular weight is 423 g/mol. The summed E-state index contributed by atoms with van der Waals surface area (Å²) in [6, 6.07) is 9.36. The summed E-state index contributed by atoms with van der Waals surface area (Å²) in [5, 5.41) is 0. The molecule has 1 fully saturated rings. The Hall–Kier alpha value is -2.60. The summed E-state index contributed by atoms with van der Waals surface area (Å²) >= 11 is 0. The zero-order chi connectivity index (χ0) is 23.0. The Labute approximate surface area is 195 Å². The van der Waals surface area contributed by atoms with Crippen LogP contribution in [0.15, 0.2) is 106 Å². The quantitative estimate of drug-likeness (QED) is 0.428. The van der Waals surface area contributed by atoms with Crippen molar-refractivity contribution in [2.24, 2.45) is 5.92 Å². The van der Waals surface area contributed by atoms with Gasteiger partial charge in [0.25, 0.3) is 0 Å². The van der Waals surface area contributed by atoms with E-state index in [-0.39, 0.29) is 0 Å². The minimum absolute atomic E-state index is 0.311. The molecular formula is C32H38. The van der Waals surface area contributed by atoms with E-state index in [1.165, 1.54) is 55.7 Å². The van der Waals surface area contributed by atoms with Crippen molar-refractivity contribution < 1.29 is 0 Å². The molecule has 0 radical (unpaired) electrons. The Bertz CT molecular complexity index is 1090. The monoisotopic (exact) mass is 422 g/mol. The van der Waals surface area contributed by atoms with Gasteiger partial charge in [-0.25, -0.2) is 0 Å². The number of benzene rings is 1. The topological polar surface area (TPSA) is 0 Å². The molecule has 2 atom stereocenters. The van der Waals surface area contributed by atoms with Crippen LogP contribution in [0.2, 0.25) is 0 Å². The molecule has 0 aliphatic heterocycles. The normalized spacial score (nSPS) is 24.1. The molecule has 0 nitrogen and oxygen atoms in total. The van der Waals surface area contributed by atoms with Gasteiger partial charge in [0.2, 0.25) is 0 Å². The summed E-state index contributed by atoms with van der Waals surface area (Å²) in [6.07, 6.45) is 13.6. The summed E-state index contributed by atoms with van der Waals surface area (Å²) < 4.78 is 0. The molecule has 3 aliphatic rings. The summed E-state index contributed by atoms with van der Waals surface area (Å²) in [7, 11) is 0. The maximum Gasteiger partial charge on any atom is 0.0201 e. The molecule has 0 saturated heterocycles. The van der Waals surface area contributed by atoms with E-state index in [0.29, 0.717) is 17.8 Å². The first-order valence-electron chi connectivity index (χ1n) is 12.3. The molecule has 0 heterocycles. The van der Waals surface area contributed by atoms with E-state index in [0.717, 1.165) is 25.7 Å². The Balaban J connectivity index is 1.76. The highest BCUT2D eigenvalue weighted by Crippen LogP contribution is 2.55. The second kappa shape index (κ2) is 9.10. The van der Waals surface area contributed by atoms with E-state index in [1.807, 2.05) is 0 Å². The zero-order valence-electron chi connectivity index (χ0n) is 20.6. The van der Waals surface area contributed by atoms with E-state index < -0.39 is 0 Å². The van der Waals surface area contributed by atoms with Crippen LogP contribution in [0.25, 0.3) is 0 Å². The van der Waals surface area contributed by atoms with Crippen LogP contribution in [0.3, 0.4) is 0 Å². The van der Waals surface area contributed by atoms with Crippen LogP contribution in [-0.4, -0.2) is 0 Å². The minimum Gasteiger partial charge on any atom is -0.0955 e. The van der Waals surface area contributed by atoms with Crippen molar-refractivity contribution in [3.05, 3.63) is 117 Å². The third kappa shape index (κ3) is 4.20. The van der Waals surface area contributed by atoms with Crippen LogP contribution in [0, 0.1) is 5.92 Å². The van der Waals surface area contributed by atoms with Crippen LogP contribution in [-0.2, 0) is 0 Å². The molecule has 4 rings (SSSR count). The fraction of sp³-hybridized carbons (Fsp3) is 0.375. The average Bonchev–Trinajstić information content (AvgIpc) is 3.30. The Morgan fingerprint density at radius 1 is 1.06 bits per heavy atom. The highest BCUT2D eigenvalue weighted by Gasteiger charge is 2.40. The maximum atomic E-state index is 4.66. The molecule has 0 bridgehead atoms. The highest BCUT2D eigenvalue weighted by molar-refractivity contribution is 5.61. The molecular weight excluding hydrogens is 384 g/mol. The fourth-order valence-electron chi connectivity index (χ4n) is 5.73. The van der Waals surface area contributed by atoms with Gasteiger partial charge in [0, 0.05) is 11.8 Å². The highest BCUT2D eigenvalue weighted by atomic mass is 14.4. The van der Waals surface area contributed by atoms with Gasteiger partial charge >= 0.3 is 0 Å². The van der Waals surface area contributed by atoms with Crippen molar-refractivity contribution in [1.82, 2.24) is 0 Å². The molecule has 3 aliphatic carbocycles. The Kier molecular flexibility index (Phi) is 6.42. The van der Waals surface area contributed by atoms with Crippen LogP contribution in [0.1, 0.15) is 83.3 Å². The SMILES string of the molecule is C=C(CCC)C1=C(C)C=C2CC(=CC3=CC=C(C)C3)C(=C)C2C1c1ccc(C(C)C)cc1. The zero-order valence-corrected chi connectivity index (χ0v) is 20.6. The van der Waals surface area contributed by atoms with Gasteiger partial charge in [-0.2, -0.15) is 0 Å². The van der Waals surface area contributed by atoms with Crippen LogP contribution in [0.4, 0.5) is 0 Å². The van der Waals surface area contributed by atoms with E-state index >= 15 is 0 Å². The molecule has 0 spiro atoms. The Morgan fingerprint density at radius 3 is 2.38 bits per heavy atom. The number of hydrogen-bond acceptors (Lipinski definition) is 0. The predicted molar refractivity (Wildman–Crippen MR) is 140 cm³/mol. The third-order valence-corrected chi connectivity index (χ3v) is 7.37. The van der Waals surface area contributed by atoms with E-state index in [2.05, 4.69) is 96.3 Å². The molecule has 2 unspecified atom stereocenters. The standard InChI is InChI=1S/C32H38/c1-8-9-22(5)30-23(6)17-29-19-28(18-25-11-10-21(4)16-25)24(7)31(29)32(30)27-14-12-26(13-15-27)20(2)3/h10-15,17-18,20,31-32H,5,7-9,16,19H2,1-4,6H3. The molecule has 1 aromatic rings. The van der Waals surface area contributed by atoms with Gasteiger partial charge in [-0.3, -0.25) is 0 Å². The molecule has 0 heteroatoms. The predicted octanol–water partition coefficient (Wildman–Crippen LogP) is 9.29. The number of hydrogen-bond donors (Lipinski definition) is 0. The molecule has 0 N–H and O–H groups in total. The van der Waals surface area contributed by atoms with E-state index in [1.54, 1.807) is 0 Å².